The SMILES string of the molecule is COCCNS(=O)(=O)c1ccc(C(=O)Nc2ccc(OC)c(Cl)c2)cc1. The number of carbonyl (C=O) groups is 1. The molecule has 0 aliphatic heterocycles. The van der Waals surface area contributed by atoms with Gasteiger partial charge in [0.05, 0.1) is 23.6 Å². The van der Waals surface area contributed by atoms with Crippen molar-refractivity contribution >= 4 is 33.2 Å². The second-order valence-electron chi connectivity index (χ2n) is 5.22. The molecule has 0 aliphatic rings. The van der Waals surface area contributed by atoms with Crippen LogP contribution in [-0.2, 0) is 14.8 Å². The zero-order chi connectivity index (χ0) is 19.2. The number of halogens is 1. The predicted octanol–water partition coefficient (Wildman–Crippen LogP) is 2.53. The summed E-state index contributed by atoms with van der Waals surface area (Å²) in [6.07, 6.45) is 0. The highest BCUT2D eigenvalue weighted by Gasteiger charge is 2.15. The summed E-state index contributed by atoms with van der Waals surface area (Å²) in [4.78, 5) is 12.4. The molecule has 0 aromatic heterocycles. The van der Waals surface area contributed by atoms with Gasteiger partial charge in [-0.25, -0.2) is 13.1 Å². The van der Waals surface area contributed by atoms with Gasteiger partial charge in [-0.3, -0.25) is 4.79 Å². The first-order valence-electron chi connectivity index (χ1n) is 7.61. The van der Waals surface area contributed by atoms with Crippen molar-refractivity contribution in [1.29, 1.82) is 0 Å². The van der Waals surface area contributed by atoms with Gasteiger partial charge < -0.3 is 14.8 Å². The average molecular weight is 399 g/mol. The van der Waals surface area contributed by atoms with Gasteiger partial charge in [0.25, 0.3) is 5.91 Å². The molecule has 2 aromatic rings. The third kappa shape index (κ3) is 5.18. The second-order valence-corrected chi connectivity index (χ2v) is 7.39. The highest BCUT2D eigenvalue weighted by atomic mass is 35.5. The van der Waals surface area contributed by atoms with E-state index in [-0.39, 0.29) is 24.0 Å². The van der Waals surface area contributed by atoms with E-state index in [1.807, 2.05) is 0 Å². The lowest BCUT2D eigenvalue weighted by Crippen LogP contribution is -2.27. The molecule has 2 rings (SSSR count). The van der Waals surface area contributed by atoms with Crippen molar-refractivity contribution in [2.45, 2.75) is 4.90 Å². The molecule has 0 saturated carbocycles. The van der Waals surface area contributed by atoms with E-state index in [2.05, 4.69) is 10.0 Å². The Bertz CT molecular complexity index is 869. The van der Waals surface area contributed by atoms with Gasteiger partial charge in [-0.15, -0.1) is 0 Å². The maximum atomic E-state index is 12.3. The molecule has 9 heteroatoms. The van der Waals surface area contributed by atoms with Gasteiger partial charge in [-0.2, -0.15) is 0 Å². The number of benzene rings is 2. The summed E-state index contributed by atoms with van der Waals surface area (Å²) in [5.41, 5.74) is 0.812. The Morgan fingerprint density at radius 3 is 2.38 bits per heavy atom. The van der Waals surface area contributed by atoms with E-state index in [0.717, 1.165) is 0 Å². The monoisotopic (exact) mass is 398 g/mol. The van der Waals surface area contributed by atoms with E-state index in [4.69, 9.17) is 21.1 Å². The normalized spacial score (nSPS) is 11.2. The van der Waals surface area contributed by atoms with Gasteiger partial charge in [-0.05, 0) is 42.5 Å². The van der Waals surface area contributed by atoms with Crippen molar-refractivity contribution in [1.82, 2.24) is 4.72 Å². The van der Waals surface area contributed by atoms with Gasteiger partial charge >= 0.3 is 0 Å². The van der Waals surface area contributed by atoms with Crippen molar-refractivity contribution in [2.24, 2.45) is 0 Å². The maximum Gasteiger partial charge on any atom is 0.255 e. The molecule has 2 aromatic carbocycles. The molecule has 0 spiro atoms. The number of carbonyl (C=O) groups excluding carboxylic acids is 1. The Hall–Kier alpha value is -2.13. The quantitative estimate of drug-likeness (QED) is 0.666. The molecule has 0 heterocycles. The fourth-order valence-electron chi connectivity index (χ4n) is 2.09. The van der Waals surface area contributed by atoms with Crippen molar-refractivity contribution in [3.63, 3.8) is 0 Å². The molecule has 0 saturated heterocycles. The Morgan fingerprint density at radius 1 is 1.12 bits per heavy atom. The number of anilines is 1. The predicted molar refractivity (Wildman–Crippen MR) is 99.5 cm³/mol. The summed E-state index contributed by atoms with van der Waals surface area (Å²) in [6, 6.07) is 10.5. The minimum Gasteiger partial charge on any atom is -0.495 e. The lowest BCUT2D eigenvalue weighted by molar-refractivity contribution is 0.102. The largest absolute Gasteiger partial charge is 0.495 e. The molecule has 7 nitrogen and oxygen atoms in total. The molecule has 140 valence electrons. The number of amides is 1. The van der Waals surface area contributed by atoms with Gasteiger partial charge in [-0.1, -0.05) is 11.6 Å². The first-order chi connectivity index (χ1) is 12.4. The molecular weight excluding hydrogens is 380 g/mol. The molecule has 0 aliphatic carbocycles. The second kappa shape index (κ2) is 9.00. The number of hydrogen-bond acceptors (Lipinski definition) is 5. The smallest absolute Gasteiger partial charge is 0.255 e. The van der Waals surface area contributed by atoms with Crippen LogP contribution in [0.5, 0.6) is 5.75 Å². The van der Waals surface area contributed by atoms with Crippen LogP contribution in [0.15, 0.2) is 47.4 Å². The molecular formula is C17H19ClN2O5S. The van der Waals surface area contributed by atoms with E-state index in [9.17, 15) is 13.2 Å². The lowest BCUT2D eigenvalue weighted by Gasteiger charge is -2.09. The third-order valence-corrected chi connectivity index (χ3v) is 5.21. The van der Waals surface area contributed by atoms with Crippen molar-refractivity contribution in [3.8, 4) is 5.75 Å². The molecule has 1 amide bonds. The van der Waals surface area contributed by atoms with E-state index in [1.54, 1.807) is 18.2 Å². The van der Waals surface area contributed by atoms with E-state index < -0.39 is 10.0 Å². The minimum absolute atomic E-state index is 0.0673. The zero-order valence-electron chi connectivity index (χ0n) is 14.3. The standard InChI is InChI=1S/C17H19ClN2O5S/c1-24-10-9-19-26(22,23)14-6-3-12(4-7-14)17(21)20-13-5-8-16(25-2)15(18)11-13/h3-8,11,19H,9-10H2,1-2H3,(H,20,21). The summed E-state index contributed by atoms with van der Waals surface area (Å²) in [6.45, 7) is 0.434. The zero-order valence-corrected chi connectivity index (χ0v) is 15.9. The van der Waals surface area contributed by atoms with Crippen LogP contribution in [-0.4, -0.2) is 41.7 Å². The number of methoxy groups -OCH3 is 2. The van der Waals surface area contributed by atoms with Crippen LogP contribution in [0.2, 0.25) is 5.02 Å². The fraction of sp³-hybridized carbons (Fsp3) is 0.235. The van der Waals surface area contributed by atoms with Gasteiger partial charge in [0, 0.05) is 24.9 Å². The van der Waals surface area contributed by atoms with Crippen molar-refractivity contribution < 1.29 is 22.7 Å². The highest BCUT2D eigenvalue weighted by Crippen LogP contribution is 2.27. The number of sulfonamides is 1. The summed E-state index contributed by atoms with van der Waals surface area (Å²) in [7, 11) is -0.657. The van der Waals surface area contributed by atoms with Crippen LogP contribution in [0.3, 0.4) is 0 Å². The summed E-state index contributed by atoms with van der Waals surface area (Å²) in [5.74, 6) is 0.114. The van der Waals surface area contributed by atoms with Crippen molar-refractivity contribution in [2.75, 3.05) is 32.7 Å². The van der Waals surface area contributed by atoms with E-state index >= 15 is 0 Å². The maximum absolute atomic E-state index is 12.3. The molecule has 0 radical (unpaired) electrons. The number of hydrogen-bond donors (Lipinski definition) is 2. The molecule has 0 fully saturated rings. The molecule has 26 heavy (non-hydrogen) atoms. The van der Waals surface area contributed by atoms with Gasteiger partial charge in [0.15, 0.2) is 0 Å². The third-order valence-electron chi connectivity index (χ3n) is 3.43. The Morgan fingerprint density at radius 2 is 1.81 bits per heavy atom. The summed E-state index contributed by atoms with van der Waals surface area (Å²) in [5, 5.41) is 3.06. The first-order valence-corrected chi connectivity index (χ1v) is 9.47. The number of nitrogens with one attached hydrogen (secondary N) is 2. The van der Waals surface area contributed by atoms with E-state index in [0.29, 0.717) is 22.0 Å². The first kappa shape index (κ1) is 20.2. The van der Waals surface area contributed by atoms with Crippen molar-refractivity contribution in [3.05, 3.63) is 53.1 Å². The lowest BCUT2D eigenvalue weighted by atomic mass is 10.2. The number of rotatable bonds is 8. The molecule has 0 bridgehead atoms. The molecule has 0 atom stereocenters. The van der Waals surface area contributed by atoms with Gasteiger partial charge in [0.2, 0.25) is 10.0 Å². The number of ether oxygens (including phenoxy) is 2. The molecule has 2 N–H and O–H groups in total. The summed E-state index contributed by atoms with van der Waals surface area (Å²) >= 11 is 6.02. The van der Waals surface area contributed by atoms with Crippen LogP contribution in [0.25, 0.3) is 0 Å². The Labute approximate surface area is 157 Å². The fourth-order valence-corrected chi connectivity index (χ4v) is 3.37. The van der Waals surface area contributed by atoms with Crippen LogP contribution in [0.4, 0.5) is 5.69 Å². The topological polar surface area (TPSA) is 93.7 Å². The Kier molecular flexibility index (Phi) is 6.98. The van der Waals surface area contributed by atoms with E-state index in [1.165, 1.54) is 38.5 Å². The average Bonchev–Trinajstić information content (AvgIpc) is 2.62. The molecule has 0 unspecified atom stereocenters. The van der Waals surface area contributed by atoms with Crippen LogP contribution in [0, 0.1) is 0 Å². The highest BCUT2D eigenvalue weighted by molar-refractivity contribution is 7.89. The Balaban J connectivity index is 2.07. The van der Waals surface area contributed by atoms with Gasteiger partial charge in [0.1, 0.15) is 5.75 Å². The minimum atomic E-state index is -3.64. The van der Waals surface area contributed by atoms with Crippen LogP contribution in [0.1, 0.15) is 10.4 Å². The summed E-state index contributed by atoms with van der Waals surface area (Å²) < 4.78 is 36.4. The van der Waals surface area contributed by atoms with Crippen LogP contribution >= 0.6 is 11.6 Å². The van der Waals surface area contributed by atoms with Crippen LogP contribution < -0.4 is 14.8 Å².